The molecule has 0 fully saturated rings. The first-order chi connectivity index (χ1) is 13.9. The largest absolute Gasteiger partial charge is 0.482 e. The average molecular weight is 399 g/mol. The van der Waals surface area contributed by atoms with Gasteiger partial charge in [0.05, 0.1) is 6.04 Å². The van der Waals surface area contributed by atoms with Crippen LogP contribution in [0.25, 0.3) is 0 Å². The maximum atomic E-state index is 12.0. The molecule has 0 saturated carbocycles. The lowest BCUT2D eigenvalue weighted by molar-refractivity contribution is -0.150. The summed E-state index contributed by atoms with van der Waals surface area (Å²) in [6.45, 7) is 2.69. The Hall–Kier alpha value is -3.55. The Labute approximate surface area is 167 Å². The fraction of sp³-hybridized carbons (Fsp3) is 0.286. The normalized spacial score (nSPS) is 12.8. The quantitative estimate of drug-likeness (QED) is 0.537. The number of ketones is 1. The molecule has 1 aliphatic heterocycles. The molecule has 152 valence electrons. The Morgan fingerprint density at radius 3 is 2.48 bits per heavy atom. The van der Waals surface area contributed by atoms with Crippen LogP contribution in [0.4, 0.5) is 0 Å². The van der Waals surface area contributed by atoms with E-state index >= 15 is 0 Å². The lowest BCUT2D eigenvalue weighted by atomic mass is 10.1. The van der Waals surface area contributed by atoms with Crippen molar-refractivity contribution in [2.75, 3.05) is 20.0 Å². The third-order valence-corrected chi connectivity index (χ3v) is 4.26. The predicted molar refractivity (Wildman–Crippen MR) is 102 cm³/mol. The van der Waals surface area contributed by atoms with E-state index in [0.717, 1.165) is 5.56 Å². The van der Waals surface area contributed by atoms with Crippen LogP contribution in [0.2, 0.25) is 0 Å². The molecule has 1 aliphatic rings. The van der Waals surface area contributed by atoms with Crippen LogP contribution in [0.15, 0.2) is 42.5 Å². The molecule has 1 amide bonds. The number of Topliss-reactive ketones (excluding diaryl/α,β-unsaturated/α-hetero) is 1. The van der Waals surface area contributed by atoms with Gasteiger partial charge in [-0.15, -0.1) is 0 Å². The zero-order chi connectivity index (χ0) is 20.8. The van der Waals surface area contributed by atoms with E-state index in [2.05, 4.69) is 5.32 Å². The van der Waals surface area contributed by atoms with Crippen LogP contribution < -0.4 is 19.5 Å². The van der Waals surface area contributed by atoms with Crippen LogP contribution in [0.5, 0.6) is 17.2 Å². The van der Waals surface area contributed by atoms with Crippen molar-refractivity contribution >= 4 is 17.7 Å². The van der Waals surface area contributed by atoms with Crippen molar-refractivity contribution < 1.29 is 33.3 Å². The number of carbonyl (C=O) groups excluding carboxylic acids is 3. The first kappa shape index (κ1) is 20.2. The van der Waals surface area contributed by atoms with E-state index in [-0.39, 0.29) is 25.2 Å². The molecule has 1 atom stereocenters. The molecule has 0 saturated heterocycles. The van der Waals surface area contributed by atoms with Gasteiger partial charge in [-0.3, -0.25) is 9.59 Å². The van der Waals surface area contributed by atoms with Gasteiger partial charge >= 0.3 is 5.97 Å². The lowest BCUT2D eigenvalue weighted by Gasteiger charge is -2.15. The Bertz CT molecular complexity index is 908. The van der Waals surface area contributed by atoms with Crippen molar-refractivity contribution in [1.82, 2.24) is 5.32 Å². The molecule has 8 heteroatoms. The van der Waals surface area contributed by atoms with Gasteiger partial charge in [0.1, 0.15) is 5.75 Å². The second-order valence-corrected chi connectivity index (χ2v) is 6.43. The minimum atomic E-state index is -0.675. The number of fused-ring (bicyclic) bond motifs is 1. The highest BCUT2D eigenvalue weighted by Crippen LogP contribution is 2.34. The highest BCUT2D eigenvalue weighted by atomic mass is 16.7. The smallest absolute Gasteiger partial charge is 0.344 e. The van der Waals surface area contributed by atoms with E-state index < -0.39 is 18.5 Å². The maximum absolute atomic E-state index is 12.0. The van der Waals surface area contributed by atoms with E-state index in [9.17, 15) is 14.4 Å². The second-order valence-electron chi connectivity index (χ2n) is 6.43. The summed E-state index contributed by atoms with van der Waals surface area (Å²) in [5.41, 5.74) is 1.39. The molecule has 3 rings (SSSR count). The van der Waals surface area contributed by atoms with Crippen molar-refractivity contribution in [1.29, 1.82) is 0 Å². The van der Waals surface area contributed by atoms with Gasteiger partial charge in [0, 0.05) is 5.56 Å². The van der Waals surface area contributed by atoms with Gasteiger partial charge < -0.3 is 24.3 Å². The molecule has 0 unspecified atom stereocenters. The van der Waals surface area contributed by atoms with Crippen molar-refractivity contribution in [3.05, 3.63) is 53.6 Å². The van der Waals surface area contributed by atoms with Crippen LogP contribution in [-0.2, 0) is 14.3 Å². The molecule has 0 bridgehead atoms. The van der Waals surface area contributed by atoms with E-state index in [1.54, 1.807) is 36.4 Å². The fourth-order valence-electron chi connectivity index (χ4n) is 2.66. The molecular weight excluding hydrogens is 378 g/mol. The second kappa shape index (κ2) is 9.09. The van der Waals surface area contributed by atoms with E-state index in [4.69, 9.17) is 18.9 Å². The number of nitrogens with one attached hydrogen (secondary N) is 1. The number of ether oxygens (including phenoxy) is 4. The molecular formula is C21H21NO7. The van der Waals surface area contributed by atoms with E-state index in [1.807, 2.05) is 13.0 Å². The molecule has 0 spiro atoms. The standard InChI is InChI=1S/C21H21NO7/c1-13(16-5-8-18-19(9-16)29-12-28-18)22-20(24)10-27-21(25)11-26-17-6-3-15(4-7-17)14(2)23/h3-9,13H,10-12H2,1-2H3,(H,22,24)/t13-/m0/s1. The van der Waals surface area contributed by atoms with Crippen molar-refractivity contribution in [3.63, 3.8) is 0 Å². The van der Waals surface area contributed by atoms with Crippen LogP contribution in [0, 0.1) is 0 Å². The molecule has 1 heterocycles. The zero-order valence-corrected chi connectivity index (χ0v) is 16.1. The van der Waals surface area contributed by atoms with Crippen molar-refractivity contribution in [2.24, 2.45) is 0 Å². The summed E-state index contributed by atoms with van der Waals surface area (Å²) < 4.78 is 20.8. The highest BCUT2D eigenvalue weighted by Gasteiger charge is 2.17. The third kappa shape index (κ3) is 5.47. The van der Waals surface area contributed by atoms with E-state index in [1.165, 1.54) is 6.92 Å². The Morgan fingerprint density at radius 1 is 1.03 bits per heavy atom. The highest BCUT2D eigenvalue weighted by molar-refractivity contribution is 5.94. The van der Waals surface area contributed by atoms with Gasteiger partial charge in [-0.2, -0.15) is 0 Å². The molecule has 29 heavy (non-hydrogen) atoms. The number of hydrogen-bond acceptors (Lipinski definition) is 7. The molecule has 1 N–H and O–H groups in total. The Morgan fingerprint density at radius 2 is 1.76 bits per heavy atom. The van der Waals surface area contributed by atoms with Gasteiger partial charge in [-0.25, -0.2) is 4.79 Å². The summed E-state index contributed by atoms with van der Waals surface area (Å²) in [5.74, 6) is 0.547. The molecule has 2 aromatic rings. The van der Waals surface area contributed by atoms with Gasteiger partial charge in [0.15, 0.2) is 30.5 Å². The Kier molecular flexibility index (Phi) is 6.33. The number of benzene rings is 2. The van der Waals surface area contributed by atoms with Gasteiger partial charge in [-0.1, -0.05) is 6.07 Å². The van der Waals surface area contributed by atoms with Gasteiger partial charge in [-0.05, 0) is 55.8 Å². The molecule has 0 aliphatic carbocycles. The van der Waals surface area contributed by atoms with Crippen LogP contribution >= 0.6 is 0 Å². The number of amides is 1. The predicted octanol–water partition coefficient (Wildman–Crippen LogP) is 2.42. The lowest BCUT2D eigenvalue weighted by Crippen LogP contribution is -2.31. The maximum Gasteiger partial charge on any atom is 0.344 e. The monoisotopic (exact) mass is 399 g/mol. The number of esters is 1. The fourth-order valence-corrected chi connectivity index (χ4v) is 2.66. The zero-order valence-electron chi connectivity index (χ0n) is 16.1. The Balaban J connectivity index is 1.40. The average Bonchev–Trinajstić information content (AvgIpc) is 3.18. The first-order valence-electron chi connectivity index (χ1n) is 9.00. The van der Waals surface area contributed by atoms with Crippen molar-refractivity contribution in [3.8, 4) is 17.2 Å². The van der Waals surface area contributed by atoms with E-state index in [0.29, 0.717) is 22.8 Å². The minimum absolute atomic E-state index is 0.0584. The summed E-state index contributed by atoms with van der Waals surface area (Å²) in [5, 5.41) is 2.75. The number of rotatable bonds is 8. The minimum Gasteiger partial charge on any atom is -0.482 e. The SMILES string of the molecule is CC(=O)c1ccc(OCC(=O)OCC(=O)N[C@@H](C)c2ccc3c(c2)OCO3)cc1. The summed E-state index contributed by atoms with van der Waals surface area (Å²) in [4.78, 5) is 35.0. The van der Waals surface area contributed by atoms with Gasteiger partial charge in [0.2, 0.25) is 6.79 Å². The summed E-state index contributed by atoms with van der Waals surface area (Å²) >= 11 is 0. The first-order valence-corrected chi connectivity index (χ1v) is 9.00. The molecule has 0 aromatic heterocycles. The van der Waals surface area contributed by atoms with Crippen LogP contribution in [0.3, 0.4) is 0 Å². The molecule has 0 radical (unpaired) electrons. The van der Waals surface area contributed by atoms with Crippen LogP contribution in [-0.4, -0.2) is 37.7 Å². The summed E-state index contributed by atoms with van der Waals surface area (Å²) in [6.07, 6.45) is 0. The summed E-state index contributed by atoms with van der Waals surface area (Å²) in [7, 11) is 0. The number of hydrogen-bond donors (Lipinski definition) is 1. The summed E-state index contributed by atoms with van der Waals surface area (Å²) in [6, 6.07) is 11.5. The van der Waals surface area contributed by atoms with Crippen molar-refractivity contribution in [2.45, 2.75) is 19.9 Å². The molecule has 2 aromatic carbocycles. The van der Waals surface area contributed by atoms with Gasteiger partial charge in [0.25, 0.3) is 5.91 Å². The number of carbonyl (C=O) groups is 3. The van der Waals surface area contributed by atoms with Crippen LogP contribution in [0.1, 0.15) is 35.8 Å². The third-order valence-electron chi connectivity index (χ3n) is 4.26. The topological polar surface area (TPSA) is 100 Å². The molecule has 8 nitrogen and oxygen atoms in total.